The molecule has 3 nitrogen and oxygen atoms in total. The predicted octanol–water partition coefficient (Wildman–Crippen LogP) is 5.83. The Morgan fingerprint density at radius 1 is 1.04 bits per heavy atom. The normalized spacial score (nSPS) is 15.6. The van der Waals surface area contributed by atoms with Gasteiger partial charge < -0.3 is 10.6 Å². The van der Waals surface area contributed by atoms with Crippen LogP contribution in [0.1, 0.15) is 40.7 Å². The molecule has 4 rings (SSSR count). The molecule has 3 aromatic carbocycles. The van der Waals surface area contributed by atoms with Gasteiger partial charge in [0, 0.05) is 17.8 Å². The Morgan fingerprint density at radius 2 is 1.78 bits per heavy atom. The lowest BCUT2D eigenvalue weighted by atomic mass is 9.89. The number of benzene rings is 3. The van der Waals surface area contributed by atoms with Crippen LogP contribution < -0.4 is 10.6 Å². The van der Waals surface area contributed by atoms with Gasteiger partial charge in [-0.15, -0.1) is 0 Å². The van der Waals surface area contributed by atoms with Gasteiger partial charge in [-0.1, -0.05) is 61.5 Å². The third-order valence-electron chi connectivity index (χ3n) is 5.23. The topological polar surface area (TPSA) is 41.1 Å². The number of carbonyl (C=O) groups excluding carboxylic acids is 1. The van der Waals surface area contributed by atoms with Gasteiger partial charge in [0.2, 0.25) is 0 Å². The maximum absolute atomic E-state index is 13.2. The lowest BCUT2D eigenvalue weighted by Crippen LogP contribution is -2.21. The molecule has 27 heavy (non-hydrogen) atoms. The number of aryl methyl sites for hydroxylation is 1. The maximum Gasteiger partial charge on any atom is 0.257 e. The van der Waals surface area contributed by atoms with Crippen molar-refractivity contribution in [1.29, 1.82) is 0 Å². The second-order valence-electron chi connectivity index (χ2n) is 7.26. The summed E-state index contributed by atoms with van der Waals surface area (Å²) < 4.78 is 0. The van der Waals surface area contributed by atoms with Crippen LogP contribution in [0.5, 0.6) is 0 Å². The Kier molecular flexibility index (Phi) is 4.68. The van der Waals surface area contributed by atoms with E-state index < -0.39 is 0 Å². The zero-order valence-electron chi connectivity index (χ0n) is 15.8. The summed E-state index contributed by atoms with van der Waals surface area (Å²) in [5.74, 6) is 0.393. The van der Waals surface area contributed by atoms with E-state index in [0.717, 1.165) is 46.6 Å². The van der Waals surface area contributed by atoms with Crippen molar-refractivity contribution >= 4 is 17.3 Å². The standard InChI is InChI=1S/C24H24N2O/c1-16-14-20-17(2)12-13-25-23(20)21(15-16)24(27)26-22-11-7-6-10-19(22)18-8-4-3-5-9-18/h3-11,14-15,17,25H,12-13H2,1-2H3,(H,26,27). The molecule has 1 heterocycles. The van der Waals surface area contributed by atoms with Crippen molar-refractivity contribution in [2.75, 3.05) is 17.2 Å². The van der Waals surface area contributed by atoms with Crippen LogP contribution >= 0.6 is 0 Å². The Labute approximate surface area is 160 Å². The van der Waals surface area contributed by atoms with Gasteiger partial charge in [0.1, 0.15) is 0 Å². The lowest BCUT2D eigenvalue weighted by Gasteiger charge is -2.26. The molecule has 136 valence electrons. The van der Waals surface area contributed by atoms with Crippen molar-refractivity contribution in [1.82, 2.24) is 0 Å². The minimum absolute atomic E-state index is 0.0695. The fourth-order valence-electron chi connectivity index (χ4n) is 3.80. The van der Waals surface area contributed by atoms with E-state index in [1.165, 1.54) is 5.56 Å². The largest absolute Gasteiger partial charge is 0.384 e. The molecule has 1 aliphatic heterocycles. The fourth-order valence-corrected chi connectivity index (χ4v) is 3.80. The van der Waals surface area contributed by atoms with E-state index in [0.29, 0.717) is 5.92 Å². The van der Waals surface area contributed by atoms with Crippen molar-refractivity contribution in [2.24, 2.45) is 0 Å². The monoisotopic (exact) mass is 356 g/mol. The molecule has 0 spiro atoms. The molecule has 1 atom stereocenters. The number of anilines is 2. The predicted molar refractivity (Wildman–Crippen MR) is 113 cm³/mol. The number of hydrogen-bond donors (Lipinski definition) is 2. The quantitative estimate of drug-likeness (QED) is 0.619. The minimum atomic E-state index is -0.0695. The van der Waals surface area contributed by atoms with Crippen LogP contribution in [0, 0.1) is 6.92 Å². The molecule has 1 unspecified atom stereocenters. The zero-order valence-corrected chi connectivity index (χ0v) is 15.8. The number of carbonyl (C=O) groups is 1. The van der Waals surface area contributed by atoms with E-state index in [4.69, 9.17) is 0 Å². The molecule has 0 saturated heterocycles. The second-order valence-corrected chi connectivity index (χ2v) is 7.26. The van der Waals surface area contributed by atoms with E-state index in [9.17, 15) is 4.79 Å². The van der Waals surface area contributed by atoms with Crippen molar-refractivity contribution in [3.8, 4) is 11.1 Å². The molecule has 1 amide bonds. The summed E-state index contributed by atoms with van der Waals surface area (Å²) in [7, 11) is 0. The van der Waals surface area contributed by atoms with E-state index >= 15 is 0 Å². The fraction of sp³-hybridized carbons (Fsp3) is 0.208. The molecule has 0 radical (unpaired) electrons. The van der Waals surface area contributed by atoms with Crippen LogP contribution in [0.4, 0.5) is 11.4 Å². The van der Waals surface area contributed by atoms with Gasteiger partial charge in [0.05, 0.1) is 11.3 Å². The summed E-state index contributed by atoms with van der Waals surface area (Å²) in [4.78, 5) is 13.2. The van der Waals surface area contributed by atoms with E-state index in [1.807, 2.05) is 48.5 Å². The summed E-state index contributed by atoms with van der Waals surface area (Å²) in [5.41, 5.74) is 7.00. The van der Waals surface area contributed by atoms with Crippen molar-refractivity contribution < 1.29 is 4.79 Å². The smallest absolute Gasteiger partial charge is 0.257 e. The van der Waals surface area contributed by atoms with Crippen LogP contribution in [0.25, 0.3) is 11.1 Å². The van der Waals surface area contributed by atoms with Crippen LogP contribution in [0.15, 0.2) is 66.7 Å². The Morgan fingerprint density at radius 3 is 2.59 bits per heavy atom. The van der Waals surface area contributed by atoms with E-state index in [2.05, 4.69) is 42.7 Å². The van der Waals surface area contributed by atoms with Crippen LogP contribution in [-0.2, 0) is 0 Å². The highest BCUT2D eigenvalue weighted by Gasteiger charge is 2.23. The summed E-state index contributed by atoms with van der Waals surface area (Å²) in [6.07, 6.45) is 1.09. The molecule has 0 aliphatic carbocycles. The molecule has 0 fully saturated rings. The maximum atomic E-state index is 13.2. The highest BCUT2D eigenvalue weighted by atomic mass is 16.1. The number of rotatable bonds is 3. The van der Waals surface area contributed by atoms with Crippen LogP contribution in [0.3, 0.4) is 0 Å². The first-order valence-electron chi connectivity index (χ1n) is 9.47. The molecule has 3 aromatic rings. The molecular formula is C24H24N2O. The first-order chi connectivity index (χ1) is 13.1. The third kappa shape index (κ3) is 3.45. The number of para-hydroxylation sites is 1. The Balaban J connectivity index is 1.71. The average molecular weight is 356 g/mol. The molecular weight excluding hydrogens is 332 g/mol. The zero-order chi connectivity index (χ0) is 18.8. The van der Waals surface area contributed by atoms with Crippen LogP contribution in [0.2, 0.25) is 0 Å². The summed E-state index contributed by atoms with van der Waals surface area (Å²) in [6.45, 7) is 5.18. The average Bonchev–Trinajstić information content (AvgIpc) is 2.69. The second kappa shape index (κ2) is 7.28. The number of fused-ring (bicyclic) bond motifs is 1. The lowest BCUT2D eigenvalue weighted by molar-refractivity contribution is 0.102. The highest BCUT2D eigenvalue weighted by Crippen LogP contribution is 2.36. The van der Waals surface area contributed by atoms with Crippen molar-refractivity contribution in [3.05, 3.63) is 83.4 Å². The van der Waals surface area contributed by atoms with E-state index in [-0.39, 0.29) is 5.91 Å². The Hall–Kier alpha value is -3.07. The summed E-state index contributed by atoms with van der Waals surface area (Å²) in [5, 5.41) is 6.58. The number of hydrogen-bond acceptors (Lipinski definition) is 2. The third-order valence-corrected chi connectivity index (χ3v) is 5.23. The number of nitrogens with one attached hydrogen (secondary N) is 2. The molecule has 1 aliphatic rings. The van der Waals surface area contributed by atoms with Gasteiger partial charge in [-0.2, -0.15) is 0 Å². The van der Waals surface area contributed by atoms with Crippen LogP contribution in [-0.4, -0.2) is 12.5 Å². The molecule has 0 bridgehead atoms. The molecule has 0 aromatic heterocycles. The van der Waals surface area contributed by atoms with E-state index in [1.54, 1.807) is 0 Å². The molecule has 2 N–H and O–H groups in total. The number of amides is 1. The SMILES string of the molecule is Cc1cc(C(=O)Nc2ccccc2-c2ccccc2)c2c(c1)C(C)CCN2. The first kappa shape index (κ1) is 17.3. The van der Waals surface area contributed by atoms with Crippen molar-refractivity contribution in [3.63, 3.8) is 0 Å². The van der Waals surface area contributed by atoms with Crippen molar-refractivity contribution in [2.45, 2.75) is 26.2 Å². The summed E-state index contributed by atoms with van der Waals surface area (Å²) >= 11 is 0. The van der Waals surface area contributed by atoms with Gasteiger partial charge >= 0.3 is 0 Å². The van der Waals surface area contributed by atoms with Gasteiger partial charge in [-0.3, -0.25) is 4.79 Å². The van der Waals surface area contributed by atoms with Gasteiger partial charge in [0.15, 0.2) is 0 Å². The van der Waals surface area contributed by atoms with Gasteiger partial charge in [0.25, 0.3) is 5.91 Å². The van der Waals surface area contributed by atoms with Gasteiger partial charge in [-0.05, 0) is 48.1 Å². The highest BCUT2D eigenvalue weighted by molar-refractivity contribution is 6.10. The summed E-state index contributed by atoms with van der Waals surface area (Å²) in [6, 6.07) is 22.2. The van der Waals surface area contributed by atoms with Gasteiger partial charge in [-0.25, -0.2) is 0 Å². The first-order valence-corrected chi connectivity index (χ1v) is 9.47. The molecule has 3 heteroatoms. The molecule has 0 saturated carbocycles. The minimum Gasteiger partial charge on any atom is -0.384 e. The Bertz CT molecular complexity index is 979.